The van der Waals surface area contributed by atoms with Crippen LogP contribution in [0, 0.1) is 11.8 Å². The van der Waals surface area contributed by atoms with Crippen molar-refractivity contribution in [3.05, 3.63) is 0 Å². The molecule has 0 amide bonds. The van der Waals surface area contributed by atoms with Crippen LogP contribution >= 0.6 is 15.6 Å². The normalized spacial score (nSPS) is 14.2. The Labute approximate surface area is 530 Å². The van der Waals surface area contributed by atoms with Gasteiger partial charge < -0.3 is 33.8 Å². The van der Waals surface area contributed by atoms with Crippen molar-refractivity contribution in [2.24, 2.45) is 11.8 Å². The molecule has 3 N–H and O–H groups in total. The van der Waals surface area contributed by atoms with Gasteiger partial charge in [0, 0.05) is 25.7 Å². The Balaban J connectivity index is 5.17. The van der Waals surface area contributed by atoms with Crippen LogP contribution in [0.4, 0.5) is 0 Å². The highest BCUT2D eigenvalue weighted by Gasteiger charge is 2.30. The van der Waals surface area contributed by atoms with Crippen LogP contribution in [0.5, 0.6) is 0 Å². The molecule has 0 saturated carbocycles. The van der Waals surface area contributed by atoms with E-state index in [1.165, 1.54) is 154 Å². The summed E-state index contributed by atoms with van der Waals surface area (Å²) in [5.74, 6) is -0.592. The molecular formula is C68H132O17P2. The molecule has 87 heavy (non-hydrogen) atoms. The average Bonchev–Trinajstić information content (AvgIpc) is 3.52. The number of phosphoric acid groups is 2. The second-order valence-corrected chi connectivity index (χ2v) is 28.4. The number of aliphatic hydroxyl groups is 1. The highest BCUT2D eigenvalue weighted by Crippen LogP contribution is 2.45. The molecule has 17 nitrogen and oxygen atoms in total. The molecule has 0 aliphatic carbocycles. The number of phosphoric ester groups is 2. The second kappa shape index (κ2) is 60.3. The van der Waals surface area contributed by atoms with Crippen molar-refractivity contribution in [3.63, 3.8) is 0 Å². The van der Waals surface area contributed by atoms with Gasteiger partial charge in [-0.3, -0.25) is 37.3 Å². The van der Waals surface area contributed by atoms with E-state index >= 15 is 0 Å². The fourth-order valence-electron chi connectivity index (χ4n) is 10.2. The fraction of sp³-hybridized carbons (Fsp3) is 0.941. The van der Waals surface area contributed by atoms with Crippen molar-refractivity contribution in [2.75, 3.05) is 39.6 Å². The molecule has 0 radical (unpaired) electrons. The molecule has 0 bridgehead atoms. The van der Waals surface area contributed by atoms with Crippen LogP contribution in [-0.2, 0) is 65.4 Å². The molecule has 0 aliphatic rings. The van der Waals surface area contributed by atoms with Gasteiger partial charge >= 0.3 is 39.5 Å². The van der Waals surface area contributed by atoms with Gasteiger partial charge in [0.2, 0.25) is 0 Å². The Morgan fingerprint density at radius 2 is 0.529 bits per heavy atom. The topological polar surface area (TPSA) is 237 Å². The minimum Gasteiger partial charge on any atom is -0.462 e. The van der Waals surface area contributed by atoms with Crippen molar-refractivity contribution < 1.29 is 80.2 Å². The Bertz CT molecular complexity index is 1700. The summed E-state index contributed by atoms with van der Waals surface area (Å²) in [7, 11) is -9.89. The number of rotatable bonds is 67. The van der Waals surface area contributed by atoms with E-state index in [1.807, 2.05) is 0 Å². The summed E-state index contributed by atoms with van der Waals surface area (Å²) in [6.45, 7) is 9.46. The largest absolute Gasteiger partial charge is 0.472 e. The summed E-state index contributed by atoms with van der Waals surface area (Å²) in [5.41, 5.74) is 0. The third kappa shape index (κ3) is 62.6. The van der Waals surface area contributed by atoms with E-state index in [1.54, 1.807) is 0 Å². The van der Waals surface area contributed by atoms with Crippen LogP contribution in [0.3, 0.4) is 0 Å². The van der Waals surface area contributed by atoms with E-state index < -0.39 is 97.5 Å². The molecule has 0 aromatic rings. The fourth-order valence-corrected chi connectivity index (χ4v) is 11.8. The number of carbonyl (C=O) groups excluding carboxylic acids is 4. The lowest BCUT2D eigenvalue weighted by Crippen LogP contribution is -2.30. The van der Waals surface area contributed by atoms with Gasteiger partial charge in [0.15, 0.2) is 12.2 Å². The SMILES string of the molecule is CCCCCCCCCCCCCCCC(=O)O[C@H](COC(=O)CCCCCCC)COP(=O)(O)OC[C@H](O)COP(=O)(O)OC[C@@H](COC(=O)CCCCCCCCCCCCC(C)C)OC(=O)CCCCCCCCCCCCCCCC(C)C. The second-order valence-electron chi connectivity index (χ2n) is 25.5. The molecule has 5 atom stereocenters. The molecule has 0 rings (SSSR count). The molecule has 0 saturated heterocycles. The molecule has 0 fully saturated rings. The molecule has 0 aromatic carbocycles. The van der Waals surface area contributed by atoms with Crippen LogP contribution in [0.1, 0.15) is 343 Å². The number of esters is 4. The van der Waals surface area contributed by atoms with Crippen molar-refractivity contribution in [3.8, 4) is 0 Å². The Kier molecular flexibility index (Phi) is 59.0. The molecular weight excluding hydrogens is 1150 g/mol. The first-order valence-electron chi connectivity index (χ1n) is 35.5. The quantitative estimate of drug-likeness (QED) is 0.0222. The lowest BCUT2D eigenvalue weighted by Gasteiger charge is -2.21. The molecule has 516 valence electrons. The summed E-state index contributed by atoms with van der Waals surface area (Å²) < 4.78 is 68.0. The maximum atomic E-state index is 13.0. The van der Waals surface area contributed by atoms with Gasteiger partial charge in [0.1, 0.15) is 19.3 Å². The number of hydrogen-bond acceptors (Lipinski definition) is 15. The predicted octanol–water partition coefficient (Wildman–Crippen LogP) is 19.2. The van der Waals surface area contributed by atoms with Crippen LogP contribution in [0.2, 0.25) is 0 Å². The van der Waals surface area contributed by atoms with E-state index in [2.05, 4.69) is 41.5 Å². The Morgan fingerprint density at radius 1 is 0.310 bits per heavy atom. The van der Waals surface area contributed by atoms with Crippen LogP contribution < -0.4 is 0 Å². The first-order chi connectivity index (χ1) is 41.9. The van der Waals surface area contributed by atoms with E-state index in [9.17, 15) is 43.2 Å². The highest BCUT2D eigenvalue weighted by atomic mass is 31.2. The first-order valence-corrected chi connectivity index (χ1v) is 38.5. The summed E-state index contributed by atoms with van der Waals surface area (Å²) in [4.78, 5) is 72.2. The van der Waals surface area contributed by atoms with E-state index in [0.717, 1.165) is 108 Å². The van der Waals surface area contributed by atoms with E-state index in [0.29, 0.717) is 25.7 Å². The van der Waals surface area contributed by atoms with Gasteiger partial charge in [-0.05, 0) is 37.5 Å². The van der Waals surface area contributed by atoms with Gasteiger partial charge in [0.25, 0.3) is 0 Å². The maximum absolute atomic E-state index is 13.0. The monoisotopic (exact) mass is 1280 g/mol. The smallest absolute Gasteiger partial charge is 0.462 e. The molecule has 2 unspecified atom stereocenters. The number of hydrogen-bond donors (Lipinski definition) is 3. The number of aliphatic hydroxyl groups excluding tert-OH is 1. The van der Waals surface area contributed by atoms with Crippen molar-refractivity contribution in [2.45, 2.75) is 362 Å². The van der Waals surface area contributed by atoms with Gasteiger partial charge in [-0.25, -0.2) is 9.13 Å². The van der Waals surface area contributed by atoms with Crippen molar-refractivity contribution >= 4 is 39.5 Å². The molecule has 19 heteroatoms. The first kappa shape index (κ1) is 85.1. The number of carbonyl (C=O) groups is 4. The molecule has 0 heterocycles. The van der Waals surface area contributed by atoms with Gasteiger partial charge in [-0.15, -0.1) is 0 Å². The van der Waals surface area contributed by atoms with E-state index in [4.69, 9.17) is 37.0 Å². The van der Waals surface area contributed by atoms with Gasteiger partial charge in [0.05, 0.1) is 26.4 Å². The Morgan fingerprint density at radius 3 is 0.782 bits per heavy atom. The van der Waals surface area contributed by atoms with Gasteiger partial charge in [-0.2, -0.15) is 0 Å². The number of unbranched alkanes of at least 4 members (excludes halogenated alkanes) is 37. The van der Waals surface area contributed by atoms with Crippen LogP contribution in [-0.4, -0.2) is 96.7 Å². The standard InChI is InChI=1S/C68H132O17P2/c1-7-9-11-13-14-15-16-18-22-29-34-40-46-52-67(72)84-63(56-78-65(70)50-44-36-12-10-8-2)58-82-86(74,75)80-54-62(69)55-81-87(76,77)83-59-64(57-79-66(71)51-45-39-33-28-25-24-27-32-38-43-49-61(5)6)85-68(73)53-47-41-35-30-23-20-17-19-21-26-31-37-42-48-60(3)4/h60-64,69H,7-59H2,1-6H3,(H,74,75)(H,76,77)/t62-,63+,64+/m0/s1. The summed E-state index contributed by atoms with van der Waals surface area (Å²) in [6, 6.07) is 0. The zero-order chi connectivity index (χ0) is 64.3. The predicted molar refractivity (Wildman–Crippen MR) is 349 cm³/mol. The summed E-state index contributed by atoms with van der Waals surface area (Å²) >= 11 is 0. The minimum absolute atomic E-state index is 0.107. The van der Waals surface area contributed by atoms with Crippen LogP contribution in [0.15, 0.2) is 0 Å². The Hall–Kier alpha value is -1.94. The lowest BCUT2D eigenvalue weighted by atomic mass is 10.0. The van der Waals surface area contributed by atoms with Gasteiger partial charge in [-0.1, -0.05) is 292 Å². The average molecular weight is 1280 g/mol. The van der Waals surface area contributed by atoms with Crippen molar-refractivity contribution in [1.82, 2.24) is 0 Å². The summed E-state index contributed by atoms with van der Waals surface area (Å²) in [5, 5.41) is 10.5. The number of ether oxygens (including phenoxy) is 4. The maximum Gasteiger partial charge on any atom is 0.472 e. The zero-order valence-corrected chi connectivity index (χ0v) is 58.1. The third-order valence-corrected chi connectivity index (χ3v) is 17.6. The molecule has 0 aliphatic heterocycles. The minimum atomic E-state index is -4.95. The summed E-state index contributed by atoms with van der Waals surface area (Å²) in [6.07, 6.45) is 44.7. The van der Waals surface area contributed by atoms with Crippen LogP contribution in [0.25, 0.3) is 0 Å². The lowest BCUT2D eigenvalue weighted by molar-refractivity contribution is -0.161. The zero-order valence-electron chi connectivity index (χ0n) is 56.3. The van der Waals surface area contributed by atoms with E-state index in [-0.39, 0.29) is 25.7 Å². The molecule has 0 aromatic heterocycles. The molecule has 0 spiro atoms. The van der Waals surface area contributed by atoms with Crippen molar-refractivity contribution in [1.29, 1.82) is 0 Å². The third-order valence-electron chi connectivity index (χ3n) is 15.7. The highest BCUT2D eigenvalue weighted by molar-refractivity contribution is 7.47.